The van der Waals surface area contributed by atoms with Gasteiger partial charge < -0.3 is 12.4 Å². The van der Waals surface area contributed by atoms with Crippen LogP contribution in [0.2, 0.25) is 0 Å². The van der Waals surface area contributed by atoms with Crippen molar-refractivity contribution in [1.29, 1.82) is 0 Å². The van der Waals surface area contributed by atoms with Crippen LogP contribution >= 0.6 is 0 Å². The van der Waals surface area contributed by atoms with E-state index in [9.17, 15) is 0 Å². The van der Waals surface area contributed by atoms with Gasteiger partial charge in [-0.05, 0) is 0 Å². The van der Waals surface area contributed by atoms with E-state index in [4.69, 9.17) is 0 Å². The van der Waals surface area contributed by atoms with Crippen LogP contribution in [0.25, 0.3) is 0 Å². The van der Waals surface area contributed by atoms with Gasteiger partial charge in [0.2, 0.25) is 0 Å². The van der Waals surface area contributed by atoms with Gasteiger partial charge in [-0.25, -0.2) is 12.1 Å². The van der Waals surface area contributed by atoms with Crippen molar-refractivity contribution in [3.05, 3.63) is 102 Å². The van der Waals surface area contributed by atoms with Gasteiger partial charge in [-0.2, -0.15) is 90.0 Å². The Morgan fingerprint density at radius 2 is 1.14 bits per heavy atom. The first-order valence-corrected chi connectivity index (χ1v) is 6.32. The summed E-state index contributed by atoms with van der Waals surface area (Å²) in [7, 11) is 0. The fourth-order valence-electron chi connectivity index (χ4n) is 1.29. The third-order valence-corrected chi connectivity index (χ3v) is 2.28. The number of halogens is 1. The Kier molecular flexibility index (Phi) is 16.3. The van der Waals surface area contributed by atoms with Crippen LogP contribution in [0.4, 0.5) is 0 Å². The van der Waals surface area contributed by atoms with Crippen molar-refractivity contribution in [2.75, 3.05) is 0 Å². The maximum Gasteiger partial charge on any atom is 4.00 e. The van der Waals surface area contributed by atoms with E-state index in [0.717, 1.165) is 0 Å². The summed E-state index contributed by atoms with van der Waals surface area (Å²) in [6.45, 7) is 4.06. The number of hydrogen-bond acceptors (Lipinski definition) is 0. The fourth-order valence-corrected chi connectivity index (χ4v) is 1.29. The summed E-state index contributed by atoms with van der Waals surface area (Å²) in [5.74, 6) is 0. The standard InChI is InChI=1S/2C7H7.C5H5.ClH.Zr/c2*1-7-5-3-2-4-6-7;1-2-4-5-3-1;;/h2*2-5H,1H3;1-5H;1H;/q3*-1;;+4/p-1. The quantitative estimate of drug-likeness (QED) is 0.529. The zero-order valence-corrected chi connectivity index (χ0v) is 15.6. The molecule has 0 nitrogen and oxygen atoms in total. The van der Waals surface area contributed by atoms with Gasteiger partial charge in [0, 0.05) is 0 Å². The van der Waals surface area contributed by atoms with E-state index in [1.165, 1.54) is 11.1 Å². The molecule has 0 bridgehead atoms. The molecule has 0 N–H and O–H groups in total. The Labute approximate surface area is 154 Å². The van der Waals surface area contributed by atoms with Crippen molar-refractivity contribution in [3.63, 3.8) is 0 Å². The van der Waals surface area contributed by atoms with Crippen molar-refractivity contribution < 1.29 is 38.6 Å². The molecule has 2 heteroatoms. The second-order valence-corrected chi connectivity index (χ2v) is 4.05. The van der Waals surface area contributed by atoms with Gasteiger partial charge in [0.25, 0.3) is 0 Å². The van der Waals surface area contributed by atoms with Crippen molar-refractivity contribution in [1.82, 2.24) is 0 Å². The van der Waals surface area contributed by atoms with Crippen LogP contribution in [0.3, 0.4) is 0 Å². The molecule has 3 rings (SSSR count). The molecule has 0 aliphatic rings. The van der Waals surface area contributed by atoms with Crippen LogP contribution in [-0.2, 0) is 26.2 Å². The predicted octanol–water partition coefficient (Wildman–Crippen LogP) is 2.00. The van der Waals surface area contributed by atoms with E-state index in [-0.39, 0.29) is 38.6 Å². The molecule has 0 aliphatic carbocycles. The molecule has 0 aromatic heterocycles. The Balaban J connectivity index is 0. The van der Waals surface area contributed by atoms with Crippen molar-refractivity contribution in [2.45, 2.75) is 13.8 Å². The molecular formula is C19H19ClZr. The minimum absolute atomic E-state index is 0. The van der Waals surface area contributed by atoms with E-state index < -0.39 is 0 Å². The van der Waals surface area contributed by atoms with Gasteiger partial charge >= 0.3 is 26.2 Å². The first kappa shape index (κ1) is 22.2. The number of aryl methyl sites for hydroxylation is 2. The van der Waals surface area contributed by atoms with Crippen LogP contribution in [0.15, 0.2) is 78.9 Å². The van der Waals surface area contributed by atoms with Gasteiger partial charge in [0.15, 0.2) is 0 Å². The smallest absolute Gasteiger partial charge is 1.00 e. The monoisotopic (exact) mass is 372 g/mol. The summed E-state index contributed by atoms with van der Waals surface area (Å²) in [6, 6.07) is 31.9. The van der Waals surface area contributed by atoms with Crippen molar-refractivity contribution in [2.24, 2.45) is 0 Å². The first-order chi connectivity index (χ1) is 9.29. The molecule has 3 aromatic carbocycles. The summed E-state index contributed by atoms with van der Waals surface area (Å²) >= 11 is 0. The van der Waals surface area contributed by atoms with E-state index in [1.807, 2.05) is 92.7 Å². The zero-order chi connectivity index (χ0) is 13.8. The molecule has 0 heterocycles. The Bertz CT molecular complexity index is 449. The van der Waals surface area contributed by atoms with Crippen LogP contribution in [-0.4, -0.2) is 0 Å². The third kappa shape index (κ3) is 13.7. The summed E-state index contributed by atoms with van der Waals surface area (Å²) in [5.41, 5.74) is 2.39. The largest absolute Gasteiger partial charge is 4.00 e. The SMILES string of the molecule is Cc1[c-]cccc1.Cc1[c-]cccc1.[Cl-].[Zr+4].c1cc[cH-]c1. The average molecular weight is 374 g/mol. The summed E-state index contributed by atoms with van der Waals surface area (Å²) in [4.78, 5) is 0. The molecule has 0 aliphatic heterocycles. The molecule has 0 amide bonds. The summed E-state index contributed by atoms with van der Waals surface area (Å²) in [5, 5.41) is 0. The molecule has 106 valence electrons. The minimum Gasteiger partial charge on any atom is -1.00 e. The molecule has 3 aromatic rings. The fraction of sp³-hybridized carbons (Fsp3) is 0.105. The molecule has 0 spiro atoms. The number of hydrogen-bond donors (Lipinski definition) is 0. The van der Waals surface area contributed by atoms with E-state index >= 15 is 0 Å². The Morgan fingerprint density at radius 1 is 0.714 bits per heavy atom. The van der Waals surface area contributed by atoms with E-state index in [0.29, 0.717) is 0 Å². The van der Waals surface area contributed by atoms with Gasteiger partial charge in [-0.3, -0.25) is 0 Å². The topological polar surface area (TPSA) is 0 Å². The first-order valence-electron chi connectivity index (χ1n) is 6.32. The third-order valence-electron chi connectivity index (χ3n) is 2.28. The molecule has 0 saturated carbocycles. The van der Waals surface area contributed by atoms with E-state index in [1.54, 1.807) is 0 Å². The van der Waals surface area contributed by atoms with Crippen molar-refractivity contribution >= 4 is 0 Å². The average Bonchev–Trinajstić information content (AvgIpc) is 3.00. The minimum atomic E-state index is 0. The van der Waals surface area contributed by atoms with Gasteiger partial charge in [0.1, 0.15) is 0 Å². The van der Waals surface area contributed by atoms with Gasteiger partial charge in [0.05, 0.1) is 0 Å². The second-order valence-electron chi connectivity index (χ2n) is 4.05. The van der Waals surface area contributed by atoms with Crippen LogP contribution in [0.1, 0.15) is 11.1 Å². The summed E-state index contributed by atoms with van der Waals surface area (Å²) in [6.07, 6.45) is 0. The molecule has 0 fully saturated rings. The van der Waals surface area contributed by atoms with E-state index in [2.05, 4.69) is 12.1 Å². The number of benzene rings is 2. The van der Waals surface area contributed by atoms with Gasteiger partial charge in [-0.15, -0.1) is 0 Å². The Morgan fingerprint density at radius 3 is 1.29 bits per heavy atom. The Hall–Kier alpha value is -1.04. The maximum absolute atomic E-state index is 3.03. The normalized spacial score (nSPS) is 7.71. The molecular weight excluding hydrogens is 355 g/mol. The van der Waals surface area contributed by atoms with Crippen molar-refractivity contribution in [3.8, 4) is 0 Å². The maximum atomic E-state index is 3.03. The molecule has 0 radical (unpaired) electrons. The predicted molar refractivity (Wildman–Crippen MR) is 82.1 cm³/mol. The van der Waals surface area contributed by atoms with Crippen LogP contribution < -0.4 is 12.4 Å². The molecule has 21 heavy (non-hydrogen) atoms. The molecule has 0 saturated heterocycles. The summed E-state index contributed by atoms with van der Waals surface area (Å²) < 4.78 is 0. The van der Waals surface area contributed by atoms with Crippen LogP contribution in [0.5, 0.6) is 0 Å². The van der Waals surface area contributed by atoms with Crippen LogP contribution in [0, 0.1) is 26.0 Å². The zero-order valence-electron chi connectivity index (χ0n) is 12.4. The number of rotatable bonds is 0. The molecule has 0 atom stereocenters. The second kappa shape index (κ2) is 15.4. The van der Waals surface area contributed by atoms with Gasteiger partial charge in [-0.1, -0.05) is 13.8 Å². The molecule has 0 unspecified atom stereocenters.